The van der Waals surface area contributed by atoms with Gasteiger partial charge < -0.3 is 31.6 Å². The van der Waals surface area contributed by atoms with Crippen LogP contribution in [0.3, 0.4) is 0 Å². The van der Waals surface area contributed by atoms with E-state index in [0.29, 0.717) is 36.4 Å². The summed E-state index contributed by atoms with van der Waals surface area (Å²) < 4.78 is 10.7. The van der Waals surface area contributed by atoms with Crippen molar-refractivity contribution in [3.63, 3.8) is 0 Å². The highest BCUT2D eigenvalue weighted by molar-refractivity contribution is 5.97. The van der Waals surface area contributed by atoms with Gasteiger partial charge in [-0.25, -0.2) is 0 Å². The van der Waals surface area contributed by atoms with Gasteiger partial charge in [0.15, 0.2) is 11.5 Å². The molecule has 0 saturated carbocycles. The van der Waals surface area contributed by atoms with Gasteiger partial charge in [-0.2, -0.15) is 4.98 Å². The number of carbonyl (C=O) groups is 1. The van der Waals surface area contributed by atoms with E-state index in [9.17, 15) is 4.79 Å². The van der Waals surface area contributed by atoms with Crippen LogP contribution >= 0.6 is 0 Å². The van der Waals surface area contributed by atoms with Crippen LogP contribution in [0.25, 0.3) is 0 Å². The first kappa shape index (κ1) is 20.7. The molecule has 3 rings (SSSR count). The second-order valence-corrected chi connectivity index (χ2v) is 7.21. The molecule has 1 aliphatic heterocycles. The molecule has 2 atom stereocenters. The fourth-order valence-corrected chi connectivity index (χ4v) is 3.13. The summed E-state index contributed by atoms with van der Waals surface area (Å²) in [6.07, 6.45) is 0.749. The quantitative estimate of drug-likeness (QED) is 0.539. The summed E-state index contributed by atoms with van der Waals surface area (Å²) in [5, 5.41) is 14.4. The van der Waals surface area contributed by atoms with Crippen LogP contribution in [0, 0.1) is 0 Å². The monoisotopic (exact) mass is 401 g/mol. The third kappa shape index (κ3) is 4.90. The maximum Gasteiger partial charge on any atom is 0.271 e. The molecular formula is C19H27N7O3. The van der Waals surface area contributed by atoms with Gasteiger partial charge in [0.25, 0.3) is 5.91 Å². The Morgan fingerprint density at radius 1 is 1.31 bits per heavy atom. The van der Waals surface area contributed by atoms with Gasteiger partial charge in [0, 0.05) is 30.3 Å². The van der Waals surface area contributed by atoms with Crippen molar-refractivity contribution in [2.45, 2.75) is 38.3 Å². The number of aromatic nitrogens is 3. The third-order valence-corrected chi connectivity index (χ3v) is 4.73. The molecule has 2 unspecified atom stereocenters. The number of nitrogens with one attached hydrogen (secondary N) is 2. The van der Waals surface area contributed by atoms with Crippen molar-refractivity contribution in [2.75, 3.05) is 31.0 Å². The Bertz CT molecular complexity index is 875. The van der Waals surface area contributed by atoms with Crippen molar-refractivity contribution in [3.05, 3.63) is 29.5 Å². The summed E-state index contributed by atoms with van der Waals surface area (Å²) in [6.45, 7) is 5.21. The molecule has 1 aliphatic rings. The minimum absolute atomic E-state index is 0.00567. The fraction of sp³-hybridized carbons (Fsp3) is 0.474. The van der Waals surface area contributed by atoms with E-state index in [2.05, 4.69) is 39.7 Å². The Morgan fingerprint density at radius 2 is 2.10 bits per heavy atom. The van der Waals surface area contributed by atoms with Gasteiger partial charge >= 0.3 is 0 Å². The Hall–Kier alpha value is -2.98. The van der Waals surface area contributed by atoms with Crippen LogP contribution < -0.4 is 26.8 Å². The second-order valence-electron chi connectivity index (χ2n) is 7.21. The number of nitrogens with zero attached hydrogens (tertiary/aromatic N) is 3. The molecule has 3 heterocycles. The Labute approximate surface area is 169 Å². The molecule has 2 aromatic rings. The summed E-state index contributed by atoms with van der Waals surface area (Å²) in [7, 11) is 1.57. The van der Waals surface area contributed by atoms with Gasteiger partial charge in [-0.3, -0.25) is 4.79 Å². The normalized spacial score (nSPS) is 19.1. The van der Waals surface area contributed by atoms with Gasteiger partial charge in [-0.15, -0.1) is 10.2 Å². The molecule has 1 amide bonds. The molecule has 0 radical (unpaired) electrons. The minimum atomic E-state index is -0.694. The van der Waals surface area contributed by atoms with E-state index in [4.69, 9.17) is 20.9 Å². The smallest absolute Gasteiger partial charge is 0.271 e. The standard InChI is InChI=1S/C19H27N7O3/c1-10(2)11-4-5-15(24-19(11)28-3)23-14-8-16(25-26-17(14)18(21)27)22-13-6-7-29-9-12(13)20/h4-5,8,10,12-13H,6-7,9,20H2,1-3H3,(H2,21,27)(H2,22,23,24,25). The predicted octanol–water partition coefficient (Wildman–Crippen LogP) is 1.37. The molecule has 10 nitrogen and oxygen atoms in total. The molecule has 0 bridgehead atoms. The number of rotatable bonds is 7. The van der Waals surface area contributed by atoms with Crippen LogP contribution in [0.2, 0.25) is 0 Å². The lowest BCUT2D eigenvalue weighted by Gasteiger charge is -2.29. The lowest BCUT2D eigenvalue weighted by Crippen LogP contribution is -2.47. The predicted molar refractivity (Wildman–Crippen MR) is 110 cm³/mol. The summed E-state index contributed by atoms with van der Waals surface area (Å²) in [6, 6.07) is 5.24. The summed E-state index contributed by atoms with van der Waals surface area (Å²) in [5.41, 5.74) is 12.9. The van der Waals surface area contributed by atoms with Crippen LogP contribution in [-0.2, 0) is 4.74 Å². The zero-order valence-electron chi connectivity index (χ0n) is 16.8. The molecular weight excluding hydrogens is 374 g/mol. The molecule has 0 spiro atoms. The highest BCUT2D eigenvalue weighted by Gasteiger charge is 2.23. The maximum absolute atomic E-state index is 11.8. The van der Waals surface area contributed by atoms with Gasteiger partial charge in [-0.1, -0.05) is 13.8 Å². The molecule has 2 aromatic heterocycles. The largest absolute Gasteiger partial charge is 0.481 e. The van der Waals surface area contributed by atoms with E-state index in [-0.39, 0.29) is 23.7 Å². The van der Waals surface area contributed by atoms with Crippen LogP contribution in [-0.4, -0.2) is 53.5 Å². The van der Waals surface area contributed by atoms with E-state index in [1.165, 1.54) is 0 Å². The van der Waals surface area contributed by atoms with E-state index in [0.717, 1.165) is 12.0 Å². The number of primary amides is 1. The third-order valence-electron chi connectivity index (χ3n) is 4.73. The van der Waals surface area contributed by atoms with Crippen molar-refractivity contribution in [1.29, 1.82) is 0 Å². The lowest BCUT2D eigenvalue weighted by molar-refractivity contribution is 0.0751. The number of hydrogen-bond donors (Lipinski definition) is 4. The molecule has 0 aromatic carbocycles. The van der Waals surface area contributed by atoms with E-state index >= 15 is 0 Å². The Balaban J connectivity index is 1.87. The highest BCUT2D eigenvalue weighted by atomic mass is 16.5. The molecule has 10 heteroatoms. The number of hydrogen-bond acceptors (Lipinski definition) is 9. The fourth-order valence-electron chi connectivity index (χ4n) is 3.13. The Kier molecular flexibility index (Phi) is 6.45. The SMILES string of the molecule is COc1nc(Nc2cc(NC3CCOCC3N)nnc2C(N)=O)ccc1C(C)C. The summed E-state index contributed by atoms with van der Waals surface area (Å²) in [4.78, 5) is 16.3. The topological polar surface area (TPSA) is 150 Å². The number of nitrogens with two attached hydrogens (primary N) is 2. The zero-order chi connectivity index (χ0) is 21.0. The van der Waals surface area contributed by atoms with Crippen LogP contribution in [0.15, 0.2) is 18.2 Å². The average molecular weight is 401 g/mol. The maximum atomic E-state index is 11.8. The molecule has 29 heavy (non-hydrogen) atoms. The second kappa shape index (κ2) is 9.01. The van der Waals surface area contributed by atoms with Crippen molar-refractivity contribution in [3.8, 4) is 5.88 Å². The van der Waals surface area contributed by atoms with Crippen molar-refractivity contribution >= 4 is 23.2 Å². The number of amides is 1. The molecule has 1 fully saturated rings. The van der Waals surface area contributed by atoms with Crippen molar-refractivity contribution in [1.82, 2.24) is 15.2 Å². The highest BCUT2D eigenvalue weighted by Crippen LogP contribution is 2.28. The first-order chi connectivity index (χ1) is 13.9. The van der Waals surface area contributed by atoms with Gasteiger partial charge in [-0.05, 0) is 24.5 Å². The number of pyridine rings is 1. The first-order valence-corrected chi connectivity index (χ1v) is 9.48. The van der Waals surface area contributed by atoms with Crippen LogP contribution in [0.1, 0.15) is 42.2 Å². The lowest BCUT2D eigenvalue weighted by atomic mass is 10.0. The van der Waals surface area contributed by atoms with Crippen LogP contribution in [0.4, 0.5) is 17.3 Å². The van der Waals surface area contributed by atoms with Gasteiger partial charge in [0.1, 0.15) is 5.82 Å². The molecule has 156 valence electrons. The molecule has 6 N–H and O–H groups in total. The van der Waals surface area contributed by atoms with E-state index in [1.807, 2.05) is 12.1 Å². The van der Waals surface area contributed by atoms with E-state index < -0.39 is 5.91 Å². The summed E-state index contributed by atoms with van der Waals surface area (Å²) in [5.74, 6) is 1.05. The van der Waals surface area contributed by atoms with Crippen molar-refractivity contribution < 1.29 is 14.3 Å². The number of carbonyl (C=O) groups excluding carboxylic acids is 1. The molecule has 1 saturated heterocycles. The van der Waals surface area contributed by atoms with Crippen molar-refractivity contribution in [2.24, 2.45) is 11.5 Å². The van der Waals surface area contributed by atoms with Gasteiger partial charge in [0.05, 0.1) is 19.4 Å². The number of ether oxygens (including phenoxy) is 2. The average Bonchev–Trinajstić information content (AvgIpc) is 2.69. The van der Waals surface area contributed by atoms with Gasteiger partial charge in [0.2, 0.25) is 5.88 Å². The number of anilines is 3. The first-order valence-electron chi connectivity index (χ1n) is 9.48. The molecule has 0 aliphatic carbocycles. The minimum Gasteiger partial charge on any atom is -0.481 e. The summed E-state index contributed by atoms with van der Waals surface area (Å²) >= 11 is 0. The Morgan fingerprint density at radius 3 is 2.76 bits per heavy atom. The van der Waals surface area contributed by atoms with E-state index in [1.54, 1.807) is 13.2 Å². The van der Waals surface area contributed by atoms with Crippen LogP contribution in [0.5, 0.6) is 5.88 Å². The zero-order valence-corrected chi connectivity index (χ0v) is 16.8. The number of methoxy groups -OCH3 is 1.